The van der Waals surface area contributed by atoms with E-state index in [1.165, 1.54) is 19.3 Å². The van der Waals surface area contributed by atoms with Gasteiger partial charge in [0, 0.05) is 6.04 Å². The van der Waals surface area contributed by atoms with Gasteiger partial charge in [0.15, 0.2) is 5.69 Å². The first-order valence-electron chi connectivity index (χ1n) is 10.5. The molecule has 0 unspecified atom stereocenters. The summed E-state index contributed by atoms with van der Waals surface area (Å²) in [5.41, 5.74) is 3.35. The van der Waals surface area contributed by atoms with Crippen LogP contribution in [0.5, 0.6) is 0 Å². The van der Waals surface area contributed by atoms with E-state index in [-0.39, 0.29) is 11.6 Å². The highest BCUT2D eigenvalue weighted by Gasteiger charge is 2.23. The van der Waals surface area contributed by atoms with Gasteiger partial charge < -0.3 is 4.57 Å². The van der Waals surface area contributed by atoms with Crippen LogP contribution in [0, 0.1) is 0 Å². The van der Waals surface area contributed by atoms with Gasteiger partial charge in [-0.05, 0) is 30.5 Å². The summed E-state index contributed by atoms with van der Waals surface area (Å²) in [6, 6.07) is 18.4. The first-order valence-corrected chi connectivity index (χ1v) is 10.5. The van der Waals surface area contributed by atoms with E-state index >= 15 is 0 Å². The molecule has 2 heterocycles. The molecule has 1 fully saturated rings. The number of hydrogen-bond donors (Lipinski definition) is 1. The minimum Gasteiger partial charge on any atom is -0.307 e. The van der Waals surface area contributed by atoms with Gasteiger partial charge >= 0.3 is 0 Å². The van der Waals surface area contributed by atoms with E-state index in [9.17, 15) is 4.79 Å². The van der Waals surface area contributed by atoms with E-state index in [0.29, 0.717) is 18.5 Å². The minimum absolute atomic E-state index is 0.285. The van der Waals surface area contributed by atoms with Crippen molar-refractivity contribution in [2.75, 3.05) is 5.32 Å². The number of fused-ring (bicyclic) bond motifs is 1. The fourth-order valence-corrected chi connectivity index (χ4v) is 4.26. The lowest BCUT2D eigenvalue weighted by Crippen LogP contribution is -2.20. The molecule has 152 valence electrons. The molecule has 0 saturated heterocycles. The number of carbonyl (C=O) groups excluding carboxylic acids is 1. The van der Waals surface area contributed by atoms with E-state index in [2.05, 4.69) is 26.3 Å². The smallest absolute Gasteiger partial charge is 0.280 e. The number of amides is 1. The summed E-state index contributed by atoms with van der Waals surface area (Å²) in [5, 5.41) is 11.2. The number of nitrogens with one attached hydrogen (secondary N) is 1. The third-order valence-electron chi connectivity index (χ3n) is 5.72. The summed E-state index contributed by atoms with van der Waals surface area (Å²) in [6.45, 7) is 0.571. The van der Waals surface area contributed by atoms with Gasteiger partial charge in [0.1, 0.15) is 0 Å². The Labute approximate surface area is 174 Å². The fourth-order valence-electron chi connectivity index (χ4n) is 4.26. The molecule has 5 rings (SSSR count). The van der Waals surface area contributed by atoms with E-state index in [0.717, 1.165) is 29.4 Å². The summed E-state index contributed by atoms with van der Waals surface area (Å²) < 4.78 is 3.87. The Morgan fingerprint density at radius 1 is 1.00 bits per heavy atom. The van der Waals surface area contributed by atoms with E-state index in [1.54, 1.807) is 10.9 Å². The van der Waals surface area contributed by atoms with Crippen LogP contribution in [0.1, 0.15) is 54.2 Å². The third-order valence-corrected chi connectivity index (χ3v) is 5.72. The zero-order chi connectivity index (χ0) is 20.3. The Morgan fingerprint density at radius 2 is 1.77 bits per heavy atom. The lowest BCUT2D eigenvalue weighted by molar-refractivity contribution is 0.102. The molecule has 7 heteroatoms. The summed E-state index contributed by atoms with van der Waals surface area (Å²) in [5.74, 6) is 0.299. The van der Waals surface area contributed by atoms with Gasteiger partial charge in [-0.2, -0.15) is 0 Å². The van der Waals surface area contributed by atoms with Gasteiger partial charge in [-0.15, -0.1) is 5.10 Å². The molecule has 4 aromatic rings. The molecule has 30 heavy (non-hydrogen) atoms. The van der Waals surface area contributed by atoms with Crippen molar-refractivity contribution in [2.24, 2.45) is 0 Å². The molecule has 0 atom stereocenters. The Kier molecular flexibility index (Phi) is 5.01. The van der Waals surface area contributed by atoms with Gasteiger partial charge in [-0.1, -0.05) is 66.9 Å². The topological polar surface area (TPSA) is 77.6 Å². The van der Waals surface area contributed by atoms with Gasteiger partial charge in [0.05, 0.1) is 23.8 Å². The highest BCUT2D eigenvalue weighted by atomic mass is 16.2. The molecule has 0 spiro atoms. The van der Waals surface area contributed by atoms with Crippen LogP contribution in [0.15, 0.2) is 60.8 Å². The van der Waals surface area contributed by atoms with Crippen molar-refractivity contribution in [1.82, 2.24) is 24.5 Å². The Balaban J connectivity index is 1.39. The van der Waals surface area contributed by atoms with Crippen molar-refractivity contribution >= 4 is 22.9 Å². The van der Waals surface area contributed by atoms with Crippen LogP contribution in [0.2, 0.25) is 0 Å². The van der Waals surface area contributed by atoms with Gasteiger partial charge in [-0.3, -0.25) is 10.1 Å². The zero-order valence-corrected chi connectivity index (χ0v) is 16.7. The normalized spacial score (nSPS) is 14.8. The molecule has 0 bridgehead atoms. The van der Waals surface area contributed by atoms with Crippen molar-refractivity contribution in [3.63, 3.8) is 0 Å². The number of nitrogens with zero attached hydrogens (tertiary/aromatic N) is 5. The Bertz CT molecular complexity index is 1160. The lowest BCUT2D eigenvalue weighted by atomic mass is 9.95. The number of carbonyl (C=O) groups is 1. The zero-order valence-electron chi connectivity index (χ0n) is 16.7. The van der Waals surface area contributed by atoms with Crippen LogP contribution in [0.3, 0.4) is 0 Å². The van der Waals surface area contributed by atoms with Gasteiger partial charge in [0.25, 0.3) is 5.91 Å². The summed E-state index contributed by atoms with van der Waals surface area (Å²) in [6.07, 6.45) is 7.58. The molecule has 0 aliphatic heterocycles. The summed E-state index contributed by atoms with van der Waals surface area (Å²) in [4.78, 5) is 17.6. The molecular formula is C23H24N6O. The molecule has 2 aromatic carbocycles. The Hall–Kier alpha value is -3.48. The van der Waals surface area contributed by atoms with Crippen molar-refractivity contribution in [1.29, 1.82) is 0 Å². The lowest BCUT2D eigenvalue weighted by Gasteiger charge is -2.25. The molecule has 0 radical (unpaired) electrons. The van der Waals surface area contributed by atoms with Crippen LogP contribution >= 0.6 is 0 Å². The Morgan fingerprint density at radius 3 is 2.60 bits per heavy atom. The largest absolute Gasteiger partial charge is 0.307 e. The van der Waals surface area contributed by atoms with Gasteiger partial charge in [-0.25, -0.2) is 9.67 Å². The SMILES string of the molecule is O=C(Nc1nc2ccccc2n1C1CCCCC1)c1cn(Cc2ccccc2)nn1. The highest BCUT2D eigenvalue weighted by Crippen LogP contribution is 2.34. The molecule has 1 saturated carbocycles. The molecule has 2 aromatic heterocycles. The number of rotatable bonds is 5. The first kappa shape index (κ1) is 18.5. The van der Waals surface area contributed by atoms with E-state index < -0.39 is 0 Å². The van der Waals surface area contributed by atoms with E-state index in [1.807, 2.05) is 48.5 Å². The van der Waals surface area contributed by atoms with Crippen LogP contribution in [-0.4, -0.2) is 30.5 Å². The second-order valence-corrected chi connectivity index (χ2v) is 7.83. The van der Waals surface area contributed by atoms with Crippen LogP contribution < -0.4 is 5.32 Å². The standard InChI is InChI=1S/C23H24N6O/c30-22(20-16-28(27-26-20)15-17-9-3-1-4-10-17)25-23-24-19-13-7-8-14-21(19)29(23)18-11-5-2-6-12-18/h1,3-4,7-10,13-14,16,18H,2,5-6,11-12,15H2,(H,24,25,30). The maximum atomic E-state index is 12.9. The average Bonchev–Trinajstić information content (AvgIpc) is 3.39. The van der Waals surface area contributed by atoms with Crippen molar-refractivity contribution in [3.8, 4) is 0 Å². The number of benzene rings is 2. The molecular weight excluding hydrogens is 376 g/mol. The monoisotopic (exact) mass is 400 g/mol. The second kappa shape index (κ2) is 8.10. The molecule has 1 amide bonds. The minimum atomic E-state index is -0.290. The number of anilines is 1. The predicted molar refractivity (Wildman–Crippen MR) is 115 cm³/mol. The van der Waals surface area contributed by atoms with Crippen molar-refractivity contribution < 1.29 is 4.79 Å². The van der Waals surface area contributed by atoms with Gasteiger partial charge in [0.2, 0.25) is 5.95 Å². The molecule has 1 N–H and O–H groups in total. The molecule has 1 aliphatic carbocycles. The second-order valence-electron chi connectivity index (χ2n) is 7.83. The van der Waals surface area contributed by atoms with Crippen LogP contribution in [-0.2, 0) is 6.54 Å². The maximum absolute atomic E-state index is 12.9. The summed E-state index contributed by atoms with van der Waals surface area (Å²) >= 11 is 0. The molecule has 1 aliphatic rings. The number of para-hydroxylation sites is 2. The number of imidazole rings is 1. The fraction of sp³-hybridized carbons (Fsp3) is 0.304. The quantitative estimate of drug-likeness (QED) is 0.537. The molecule has 7 nitrogen and oxygen atoms in total. The number of aromatic nitrogens is 5. The average molecular weight is 400 g/mol. The predicted octanol–water partition coefficient (Wildman–Crippen LogP) is 4.43. The van der Waals surface area contributed by atoms with Crippen LogP contribution in [0.4, 0.5) is 5.95 Å². The maximum Gasteiger partial charge on any atom is 0.280 e. The van der Waals surface area contributed by atoms with Crippen molar-refractivity contribution in [2.45, 2.75) is 44.7 Å². The third kappa shape index (κ3) is 3.70. The summed E-state index contributed by atoms with van der Waals surface area (Å²) in [7, 11) is 0. The van der Waals surface area contributed by atoms with E-state index in [4.69, 9.17) is 4.98 Å². The number of hydrogen-bond acceptors (Lipinski definition) is 4. The highest BCUT2D eigenvalue weighted by molar-refractivity contribution is 6.02. The first-order chi connectivity index (χ1) is 14.8. The van der Waals surface area contributed by atoms with Crippen LogP contribution in [0.25, 0.3) is 11.0 Å². The van der Waals surface area contributed by atoms with Crippen molar-refractivity contribution in [3.05, 3.63) is 72.1 Å².